The summed E-state index contributed by atoms with van der Waals surface area (Å²) in [4.78, 5) is 8.38. The number of aromatic nitrogens is 5. The average Bonchev–Trinajstić information content (AvgIpc) is 4.08. The molecule has 1 N–H and O–H groups in total. The van der Waals surface area contributed by atoms with Crippen molar-refractivity contribution < 1.29 is 0 Å². The van der Waals surface area contributed by atoms with Crippen molar-refractivity contribution in [2.24, 2.45) is 0 Å². The summed E-state index contributed by atoms with van der Waals surface area (Å²) in [5.74, 6) is 0. The van der Waals surface area contributed by atoms with Gasteiger partial charge in [0.1, 0.15) is 22.5 Å². The van der Waals surface area contributed by atoms with E-state index in [1.165, 1.54) is 27.3 Å². The Morgan fingerprint density at radius 1 is 0.491 bits per heavy atom. The van der Waals surface area contributed by atoms with E-state index in [1.54, 1.807) is 0 Å². The molecule has 0 radical (unpaired) electrons. The number of hydrogen-bond donors (Lipinski definition) is 1. The molecule has 0 atom stereocenters. The molecule has 0 saturated carbocycles. The Morgan fingerprint density at radius 2 is 1.27 bits per heavy atom. The first kappa shape index (κ1) is 29.9. The Labute approximate surface area is 314 Å². The second-order valence-electron chi connectivity index (χ2n) is 14.2. The molecule has 6 aromatic carbocycles. The third kappa shape index (κ3) is 4.31. The highest BCUT2D eigenvalue weighted by atomic mass is 15.1. The molecule has 55 heavy (non-hydrogen) atoms. The summed E-state index contributed by atoms with van der Waals surface area (Å²) in [6.45, 7) is 0. The van der Waals surface area contributed by atoms with Crippen LogP contribution in [0.3, 0.4) is 0 Å². The van der Waals surface area contributed by atoms with Gasteiger partial charge in [0.15, 0.2) is 6.21 Å². The summed E-state index contributed by atoms with van der Waals surface area (Å²) < 4.78 is 11.9. The largest absolute Gasteiger partial charge is 0.388 e. The van der Waals surface area contributed by atoms with Gasteiger partial charge in [0.2, 0.25) is 0 Å². The Morgan fingerprint density at radius 3 is 2.24 bits per heavy atom. The molecule has 0 saturated heterocycles. The van der Waals surface area contributed by atoms with Gasteiger partial charge >= 0.3 is 5.49 Å². The van der Waals surface area contributed by atoms with Crippen molar-refractivity contribution in [3.8, 4) is 39.3 Å². The van der Waals surface area contributed by atoms with E-state index < -0.39 is 0 Å². The molecule has 5 aromatic heterocycles. The third-order valence-corrected chi connectivity index (χ3v) is 11.2. The molecular formula is C49H31N6+. The van der Waals surface area contributed by atoms with E-state index in [4.69, 9.17) is 9.65 Å². The monoisotopic (exact) mass is 703 g/mol. The van der Waals surface area contributed by atoms with Crippen LogP contribution in [0.25, 0.3) is 100 Å². The van der Waals surface area contributed by atoms with Crippen LogP contribution in [0.15, 0.2) is 170 Å². The molecule has 1 aliphatic rings. The van der Waals surface area contributed by atoms with E-state index in [9.17, 15) is 0 Å². The fraction of sp³-hybridized carbons (Fsp3) is 0. The quantitative estimate of drug-likeness (QED) is 0.179. The Balaban J connectivity index is 1.03. The van der Waals surface area contributed by atoms with Gasteiger partial charge in [-0.25, -0.2) is 9.65 Å². The van der Waals surface area contributed by atoms with E-state index in [0.717, 1.165) is 77.5 Å². The van der Waals surface area contributed by atoms with E-state index in [-0.39, 0.29) is 0 Å². The SMILES string of the molecule is C1=[N+]=c2c(c3cc(-n4c5ccccc5c5cccnc54)ccc3n2-c2ccccc2-c2ccc3c(c2)c2cc[nH]c2n3-c2cccc(-c3ccccc3)c2)=C1. The molecule has 6 heterocycles. The van der Waals surface area contributed by atoms with Crippen LogP contribution < -0.4 is 15.4 Å². The van der Waals surface area contributed by atoms with Gasteiger partial charge < -0.3 is 4.98 Å². The van der Waals surface area contributed by atoms with Crippen molar-refractivity contribution in [2.45, 2.75) is 0 Å². The zero-order chi connectivity index (χ0) is 36.0. The molecule has 6 heteroatoms. The van der Waals surface area contributed by atoms with Crippen LogP contribution in [0.1, 0.15) is 0 Å². The van der Waals surface area contributed by atoms with Crippen molar-refractivity contribution in [2.75, 3.05) is 0 Å². The van der Waals surface area contributed by atoms with Gasteiger partial charge in [0.25, 0.3) is 0 Å². The number of hydrogen-bond acceptors (Lipinski definition) is 1. The standard InChI is InChI=1S/C49H31N6/c1-2-10-31(11-3-1)32-12-8-13-34(28-32)53-45-21-19-33(29-41(45)39-23-26-51-48(39)53)36-14-4-6-17-43(36)55-46-22-20-35(30-42(46)40-24-27-52-49(40)55)54-44-18-7-5-15-37(44)38-16-9-25-50-47(38)54/h1-30,51H/q+1. The van der Waals surface area contributed by atoms with Crippen molar-refractivity contribution in [1.82, 2.24) is 28.3 Å². The molecule has 0 bridgehead atoms. The highest BCUT2D eigenvalue weighted by Crippen LogP contribution is 2.38. The number of H-pyrrole nitrogens is 1. The number of pyridine rings is 1. The van der Waals surface area contributed by atoms with Crippen LogP contribution in [0.4, 0.5) is 0 Å². The van der Waals surface area contributed by atoms with E-state index in [1.807, 2.05) is 24.7 Å². The lowest BCUT2D eigenvalue weighted by atomic mass is 10.0. The number of aromatic amines is 1. The lowest BCUT2D eigenvalue weighted by molar-refractivity contribution is 1.02. The van der Waals surface area contributed by atoms with Crippen molar-refractivity contribution >= 4 is 67.1 Å². The van der Waals surface area contributed by atoms with Gasteiger partial charge in [-0.2, -0.15) is 4.57 Å². The smallest absolute Gasteiger partial charge is 0.347 e. The molecule has 6 nitrogen and oxygen atoms in total. The predicted octanol–water partition coefficient (Wildman–Crippen LogP) is 9.43. The maximum absolute atomic E-state index is 4.95. The Kier molecular flexibility index (Phi) is 6.20. The van der Waals surface area contributed by atoms with E-state index in [2.05, 4.69) is 176 Å². The fourth-order valence-corrected chi connectivity index (χ4v) is 8.84. The summed E-state index contributed by atoms with van der Waals surface area (Å²) in [5.41, 5.74) is 14.4. The molecule has 1 aliphatic heterocycles. The summed E-state index contributed by atoms with van der Waals surface area (Å²) >= 11 is 0. The molecule has 0 amide bonds. The first-order valence-corrected chi connectivity index (χ1v) is 18.6. The number of nitrogens with one attached hydrogen (secondary N) is 1. The molecule has 0 unspecified atom stereocenters. The summed E-state index contributed by atoms with van der Waals surface area (Å²) in [6, 6.07) is 56.6. The van der Waals surface area contributed by atoms with Crippen LogP contribution in [0, 0.1) is 0 Å². The maximum atomic E-state index is 4.95. The van der Waals surface area contributed by atoms with Crippen LogP contribution in [-0.4, -0.2) is 29.9 Å². The number of benzene rings is 6. The highest BCUT2D eigenvalue weighted by molar-refractivity contribution is 6.10. The number of nitrogens with zero attached hydrogens (tertiary/aromatic N) is 5. The minimum Gasteiger partial charge on any atom is -0.347 e. The topological polar surface area (TPSA) is 57.6 Å². The van der Waals surface area contributed by atoms with E-state index in [0.29, 0.717) is 0 Å². The van der Waals surface area contributed by atoms with Gasteiger partial charge in [-0.1, -0.05) is 84.9 Å². The Bertz CT molecular complexity index is 3480. The number of fused-ring (bicyclic) bond motifs is 9. The van der Waals surface area contributed by atoms with Crippen molar-refractivity contribution in [3.63, 3.8) is 0 Å². The molecule has 256 valence electrons. The minimum atomic E-state index is 0.943. The fourth-order valence-electron chi connectivity index (χ4n) is 8.84. The van der Waals surface area contributed by atoms with Crippen LogP contribution in [0.2, 0.25) is 0 Å². The van der Waals surface area contributed by atoms with Gasteiger partial charge in [0, 0.05) is 62.3 Å². The molecule has 12 rings (SSSR count). The lowest BCUT2D eigenvalue weighted by Gasteiger charge is -2.11. The van der Waals surface area contributed by atoms with Gasteiger partial charge in [0.05, 0.1) is 16.3 Å². The first-order chi connectivity index (χ1) is 27.3. The van der Waals surface area contributed by atoms with Gasteiger partial charge in [-0.15, -0.1) is 0 Å². The minimum absolute atomic E-state index is 0.943. The highest BCUT2D eigenvalue weighted by Gasteiger charge is 2.25. The average molecular weight is 704 g/mol. The second-order valence-corrected chi connectivity index (χ2v) is 14.2. The predicted molar refractivity (Wildman–Crippen MR) is 226 cm³/mol. The normalized spacial score (nSPS) is 12.3. The molecule has 0 fully saturated rings. The molecular weight excluding hydrogens is 673 g/mol. The van der Waals surface area contributed by atoms with Crippen LogP contribution >= 0.6 is 0 Å². The molecule has 11 aromatic rings. The third-order valence-electron chi connectivity index (χ3n) is 11.2. The van der Waals surface area contributed by atoms with Gasteiger partial charge in [-0.3, -0.25) is 9.13 Å². The summed E-state index contributed by atoms with van der Waals surface area (Å²) in [5, 5.41) is 7.02. The summed E-state index contributed by atoms with van der Waals surface area (Å²) in [7, 11) is 0. The Hall–Kier alpha value is -7.66. The maximum Gasteiger partial charge on any atom is 0.388 e. The van der Waals surface area contributed by atoms with Crippen molar-refractivity contribution in [1.29, 1.82) is 0 Å². The van der Waals surface area contributed by atoms with E-state index >= 15 is 0 Å². The second kappa shape index (κ2) is 11.4. The number of para-hydroxylation sites is 2. The molecule has 0 spiro atoms. The van der Waals surface area contributed by atoms with Gasteiger partial charge in [-0.05, 0) is 89.5 Å². The zero-order valence-corrected chi connectivity index (χ0v) is 29.6. The van der Waals surface area contributed by atoms with Crippen LogP contribution in [0.5, 0.6) is 0 Å². The summed E-state index contributed by atoms with van der Waals surface area (Å²) in [6.07, 6.45) is 7.96. The molecule has 0 aliphatic carbocycles. The lowest BCUT2D eigenvalue weighted by Crippen LogP contribution is -2.28. The van der Waals surface area contributed by atoms with Crippen molar-refractivity contribution in [3.05, 3.63) is 181 Å². The van der Waals surface area contributed by atoms with Crippen LogP contribution in [-0.2, 0) is 0 Å². The number of rotatable bonds is 5. The first-order valence-electron chi connectivity index (χ1n) is 18.6. The zero-order valence-electron chi connectivity index (χ0n) is 29.6.